The summed E-state index contributed by atoms with van der Waals surface area (Å²) in [5, 5.41) is 3.36. The zero-order valence-corrected chi connectivity index (χ0v) is 14.9. The van der Waals surface area contributed by atoms with E-state index in [1.807, 2.05) is 11.8 Å². The molecule has 22 heavy (non-hydrogen) atoms. The molecule has 0 saturated carbocycles. The van der Waals surface area contributed by atoms with Crippen LogP contribution in [0.3, 0.4) is 0 Å². The maximum atomic E-state index is 12.9. The molecule has 0 spiro atoms. The topological polar surface area (TPSA) is 32.3 Å². The van der Waals surface area contributed by atoms with Gasteiger partial charge in [0, 0.05) is 12.2 Å². The van der Waals surface area contributed by atoms with Gasteiger partial charge in [0.25, 0.3) is 0 Å². The molecule has 3 heteroatoms. The van der Waals surface area contributed by atoms with Crippen molar-refractivity contribution in [3.8, 4) is 0 Å². The summed E-state index contributed by atoms with van der Waals surface area (Å²) < 4.78 is 0. The molecule has 1 aromatic rings. The van der Waals surface area contributed by atoms with Gasteiger partial charge < -0.3 is 10.2 Å². The van der Waals surface area contributed by atoms with Gasteiger partial charge in [0.1, 0.15) is 0 Å². The number of aryl methyl sites for hydroxylation is 2. The first-order valence-electron chi connectivity index (χ1n) is 8.63. The molecule has 0 heterocycles. The molecule has 1 amide bonds. The number of hydrogen-bond acceptors (Lipinski definition) is 2. The summed E-state index contributed by atoms with van der Waals surface area (Å²) in [7, 11) is 0. The molecule has 124 valence electrons. The lowest BCUT2D eigenvalue weighted by atomic mass is 10.1. The number of benzene rings is 1. The van der Waals surface area contributed by atoms with E-state index in [4.69, 9.17) is 0 Å². The Hall–Kier alpha value is -1.35. The van der Waals surface area contributed by atoms with Gasteiger partial charge >= 0.3 is 0 Å². The van der Waals surface area contributed by atoms with Crippen molar-refractivity contribution in [2.45, 2.75) is 66.3 Å². The minimum atomic E-state index is -0.137. The van der Waals surface area contributed by atoms with Crippen molar-refractivity contribution in [3.63, 3.8) is 0 Å². The van der Waals surface area contributed by atoms with Gasteiger partial charge in [0.2, 0.25) is 5.91 Å². The number of para-hydroxylation sites is 1. The van der Waals surface area contributed by atoms with Crippen LogP contribution in [0.1, 0.15) is 57.6 Å². The zero-order chi connectivity index (χ0) is 16.5. The fourth-order valence-electron chi connectivity index (χ4n) is 2.70. The van der Waals surface area contributed by atoms with Crippen molar-refractivity contribution in [1.82, 2.24) is 5.32 Å². The molecule has 0 unspecified atom stereocenters. The lowest BCUT2D eigenvalue weighted by Gasteiger charge is -2.29. The first kappa shape index (κ1) is 18.7. The van der Waals surface area contributed by atoms with Crippen LogP contribution in [-0.4, -0.2) is 25.0 Å². The van der Waals surface area contributed by atoms with E-state index in [1.165, 1.54) is 11.1 Å². The minimum Gasteiger partial charge on any atom is -0.311 e. The SMILES string of the molecule is CCCCN[C@@H](C)C(=O)N(CCCC)c1c(C)cccc1C. The van der Waals surface area contributed by atoms with Crippen LogP contribution in [0, 0.1) is 13.8 Å². The zero-order valence-electron chi connectivity index (χ0n) is 14.9. The number of hydrogen-bond donors (Lipinski definition) is 1. The van der Waals surface area contributed by atoms with Crippen LogP contribution >= 0.6 is 0 Å². The molecule has 0 aliphatic rings. The van der Waals surface area contributed by atoms with Gasteiger partial charge in [-0.1, -0.05) is 44.9 Å². The molecule has 0 aromatic heterocycles. The predicted molar refractivity (Wildman–Crippen MR) is 95.5 cm³/mol. The van der Waals surface area contributed by atoms with Crippen molar-refractivity contribution in [2.24, 2.45) is 0 Å². The van der Waals surface area contributed by atoms with E-state index in [0.717, 1.165) is 44.5 Å². The molecule has 0 fully saturated rings. The number of nitrogens with one attached hydrogen (secondary N) is 1. The third-order valence-corrected chi connectivity index (χ3v) is 4.06. The Balaban J connectivity index is 2.94. The number of carbonyl (C=O) groups is 1. The first-order valence-corrected chi connectivity index (χ1v) is 8.63. The van der Waals surface area contributed by atoms with Crippen molar-refractivity contribution in [3.05, 3.63) is 29.3 Å². The molecule has 0 bridgehead atoms. The quantitative estimate of drug-likeness (QED) is 0.693. The number of carbonyl (C=O) groups excluding carboxylic acids is 1. The summed E-state index contributed by atoms with van der Waals surface area (Å²) in [5.74, 6) is 0.182. The molecule has 0 saturated heterocycles. The summed E-state index contributed by atoms with van der Waals surface area (Å²) in [5.41, 5.74) is 3.43. The van der Waals surface area contributed by atoms with E-state index in [0.29, 0.717) is 0 Å². The maximum absolute atomic E-state index is 12.9. The highest BCUT2D eigenvalue weighted by Crippen LogP contribution is 2.25. The smallest absolute Gasteiger partial charge is 0.243 e. The Morgan fingerprint density at radius 2 is 1.73 bits per heavy atom. The molecule has 3 nitrogen and oxygen atoms in total. The van der Waals surface area contributed by atoms with Crippen LogP contribution in [-0.2, 0) is 4.79 Å². The summed E-state index contributed by atoms with van der Waals surface area (Å²) >= 11 is 0. The standard InChI is InChI=1S/C19H32N2O/c1-6-8-13-20-17(5)19(22)21(14-9-7-2)18-15(3)11-10-12-16(18)4/h10-12,17,20H,6-9,13-14H2,1-5H3/t17-/m0/s1. The summed E-state index contributed by atoms with van der Waals surface area (Å²) in [4.78, 5) is 14.9. The fraction of sp³-hybridized carbons (Fsp3) is 0.632. The second-order valence-corrected chi connectivity index (χ2v) is 6.11. The van der Waals surface area contributed by atoms with Crippen LogP contribution in [0.2, 0.25) is 0 Å². The first-order chi connectivity index (χ1) is 10.5. The van der Waals surface area contributed by atoms with E-state index >= 15 is 0 Å². The number of rotatable bonds is 9. The summed E-state index contributed by atoms with van der Waals surface area (Å²) in [6, 6.07) is 6.09. The Kier molecular flexibility index (Phi) is 8.18. The Morgan fingerprint density at radius 3 is 2.27 bits per heavy atom. The van der Waals surface area contributed by atoms with Gasteiger partial charge in [0.05, 0.1) is 6.04 Å². The van der Waals surface area contributed by atoms with Gasteiger partial charge in [-0.25, -0.2) is 0 Å². The van der Waals surface area contributed by atoms with Gasteiger partial charge in [-0.05, 0) is 51.3 Å². The average molecular weight is 304 g/mol. The van der Waals surface area contributed by atoms with Gasteiger partial charge in [-0.2, -0.15) is 0 Å². The van der Waals surface area contributed by atoms with E-state index in [-0.39, 0.29) is 11.9 Å². The van der Waals surface area contributed by atoms with Crippen molar-refractivity contribution in [1.29, 1.82) is 0 Å². The average Bonchev–Trinajstić information content (AvgIpc) is 2.49. The molecule has 0 radical (unpaired) electrons. The largest absolute Gasteiger partial charge is 0.311 e. The van der Waals surface area contributed by atoms with Crippen LogP contribution in [0.5, 0.6) is 0 Å². The molecule has 1 rings (SSSR count). The third kappa shape index (κ3) is 5.13. The highest BCUT2D eigenvalue weighted by molar-refractivity contribution is 5.98. The molecular weight excluding hydrogens is 272 g/mol. The molecule has 1 N–H and O–H groups in total. The monoisotopic (exact) mass is 304 g/mol. The highest BCUT2D eigenvalue weighted by atomic mass is 16.2. The van der Waals surface area contributed by atoms with Crippen LogP contribution in [0.25, 0.3) is 0 Å². The van der Waals surface area contributed by atoms with Gasteiger partial charge in [-0.3, -0.25) is 4.79 Å². The second kappa shape index (κ2) is 9.62. The van der Waals surface area contributed by atoms with E-state index in [1.54, 1.807) is 0 Å². The van der Waals surface area contributed by atoms with E-state index < -0.39 is 0 Å². The molecule has 0 aliphatic heterocycles. The highest BCUT2D eigenvalue weighted by Gasteiger charge is 2.23. The van der Waals surface area contributed by atoms with Crippen molar-refractivity contribution in [2.75, 3.05) is 18.0 Å². The minimum absolute atomic E-state index is 0.137. The van der Waals surface area contributed by atoms with Gasteiger partial charge in [-0.15, -0.1) is 0 Å². The summed E-state index contributed by atoms with van der Waals surface area (Å²) in [6.45, 7) is 12.2. The molecular formula is C19H32N2O. The van der Waals surface area contributed by atoms with E-state index in [2.05, 4.69) is 51.2 Å². The van der Waals surface area contributed by atoms with Crippen LogP contribution in [0.4, 0.5) is 5.69 Å². The van der Waals surface area contributed by atoms with Crippen LogP contribution in [0.15, 0.2) is 18.2 Å². The number of amides is 1. The Bertz CT molecular complexity index is 450. The summed E-state index contributed by atoms with van der Waals surface area (Å²) in [6.07, 6.45) is 4.37. The Labute approximate surface area is 136 Å². The molecule has 1 aromatic carbocycles. The van der Waals surface area contributed by atoms with E-state index in [9.17, 15) is 4.79 Å². The van der Waals surface area contributed by atoms with Crippen molar-refractivity contribution < 1.29 is 4.79 Å². The molecule has 0 aliphatic carbocycles. The number of unbranched alkanes of at least 4 members (excludes halogenated alkanes) is 2. The maximum Gasteiger partial charge on any atom is 0.243 e. The van der Waals surface area contributed by atoms with Crippen molar-refractivity contribution >= 4 is 11.6 Å². The Morgan fingerprint density at radius 1 is 1.14 bits per heavy atom. The fourth-order valence-corrected chi connectivity index (χ4v) is 2.70. The number of anilines is 1. The lowest BCUT2D eigenvalue weighted by Crippen LogP contribution is -2.46. The van der Waals surface area contributed by atoms with Gasteiger partial charge in [0.15, 0.2) is 0 Å². The third-order valence-electron chi connectivity index (χ3n) is 4.06. The number of nitrogens with zero attached hydrogens (tertiary/aromatic N) is 1. The molecule has 1 atom stereocenters. The second-order valence-electron chi connectivity index (χ2n) is 6.11. The normalized spacial score (nSPS) is 12.2. The predicted octanol–water partition coefficient (Wildman–Crippen LogP) is 4.21. The lowest BCUT2D eigenvalue weighted by molar-refractivity contribution is -0.120. The van der Waals surface area contributed by atoms with Crippen LogP contribution < -0.4 is 10.2 Å².